The number of hydrogen-bond acceptors (Lipinski definition) is 4. The van der Waals surface area contributed by atoms with Gasteiger partial charge in [-0.1, -0.05) is 6.07 Å². The molecular formula is C17H15F3N2O3. The van der Waals surface area contributed by atoms with Gasteiger partial charge >= 0.3 is 6.18 Å². The predicted octanol–water partition coefficient (Wildman–Crippen LogP) is 3.31. The van der Waals surface area contributed by atoms with Crippen molar-refractivity contribution in [1.82, 2.24) is 4.98 Å². The fraction of sp³-hybridized carbons (Fsp3) is 0.294. The molecule has 132 valence electrons. The predicted molar refractivity (Wildman–Crippen MR) is 84.2 cm³/mol. The average Bonchev–Trinajstić information content (AvgIpc) is 2.53. The third-order valence-corrected chi connectivity index (χ3v) is 3.39. The van der Waals surface area contributed by atoms with Gasteiger partial charge < -0.3 is 14.5 Å². The number of aromatic nitrogens is 1. The molecule has 0 saturated heterocycles. The molecule has 1 aromatic carbocycles. The zero-order valence-electron chi connectivity index (χ0n) is 13.5. The summed E-state index contributed by atoms with van der Waals surface area (Å²) in [5.74, 6) is 0.353. The van der Waals surface area contributed by atoms with E-state index in [0.717, 1.165) is 0 Å². The van der Waals surface area contributed by atoms with Crippen LogP contribution in [0.1, 0.15) is 16.8 Å². The van der Waals surface area contributed by atoms with Crippen LogP contribution in [0.15, 0.2) is 29.1 Å². The van der Waals surface area contributed by atoms with Gasteiger partial charge in [0, 0.05) is 16.8 Å². The average molecular weight is 352 g/mol. The largest absolute Gasteiger partial charge is 0.496 e. The third-order valence-electron chi connectivity index (χ3n) is 3.39. The highest BCUT2D eigenvalue weighted by Gasteiger charge is 2.27. The topological polar surface area (TPSA) is 75.1 Å². The second-order valence-electron chi connectivity index (χ2n) is 5.32. The summed E-state index contributed by atoms with van der Waals surface area (Å²) >= 11 is 0. The number of halogens is 3. The molecule has 0 fully saturated rings. The van der Waals surface area contributed by atoms with Gasteiger partial charge in [0.15, 0.2) is 0 Å². The first kappa shape index (κ1) is 18.5. The minimum absolute atomic E-state index is 0.0714. The van der Waals surface area contributed by atoms with E-state index in [4.69, 9.17) is 4.74 Å². The molecule has 8 heteroatoms. The van der Waals surface area contributed by atoms with Crippen LogP contribution >= 0.6 is 0 Å². The SMILES string of the molecule is COc1ccc(-c2cc(C)[nH]c(=O)c2C#N)cc1COCC(F)(F)F. The Hall–Kier alpha value is -2.79. The fourth-order valence-electron chi connectivity index (χ4n) is 2.36. The Labute approximate surface area is 141 Å². The number of methoxy groups -OCH3 is 1. The number of nitrogens with one attached hydrogen (secondary N) is 1. The first-order chi connectivity index (χ1) is 11.7. The molecule has 2 aromatic rings. The number of aromatic amines is 1. The molecule has 5 nitrogen and oxygen atoms in total. The molecule has 1 heterocycles. The lowest BCUT2D eigenvalue weighted by Crippen LogP contribution is -2.17. The summed E-state index contributed by atoms with van der Waals surface area (Å²) in [7, 11) is 1.39. The number of alkyl halides is 3. The minimum atomic E-state index is -4.43. The molecular weight excluding hydrogens is 337 g/mol. The van der Waals surface area contributed by atoms with E-state index in [2.05, 4.69) is 9.72 Å². The van der Waals surface area contributed by atoms with Gasteiger partial charge in [0.05, 0.1) is 13.7 Å². The van der Waals surface area contributed by atoms with Gasteiger partial charge in [-0.05, 0) is 30.7 Å². The lowest BCUT2D eigenvalue weighted by Gasteiger charge is -2.13. The number of ether oxygens (including phenoxy) is 2. The van der Waals surface area contributed by atoms with Gasteiger partial charge in [-0.25, -0.2) is 0 Å². The Kier molecular flexibility index (Phi) is 5.49. The number of aryl methyl sites for hydroxylation is 1. The molecule has 0 bridgehead atoms. The smallest absolute Gasteiger partial charge is 0.411 e. The number of rotatable bonds is 5. The Morgan fingerprint density at radius 1 is 1.28 bits per heavy atom. The molecule has 2 rings (SSSR count). The summed E-state index contributed by atoms with van der Waals surface area (Å²) in [5, 5.41) is 9.21. The quantitative estimate of drug-likeness (QED) is 0.896. The lowest BCUT2D eigenvalue weighted by molar-refractivity contribution is -0.176. The fourth-order valence-corrected chi connectivity index (χ4v) is 2.36. The van der Waals surface area contributed by atoms with Crippen LogP contribution in [0.4, 0.5) is 13.2 Å². The number of benzene rings is 1. The second kappa shape index (κ2) is 7.40. The molecule has 0 unspecified atom stereocenters. The van der Waals surface area contributed by atoms with Crippen LogP contribution < -0.4 is 10.3 Å². The Morgan fingerprint density at radius 2 is 2.00 bits per heavy atom. The maximum Gasteiger partial charge on any atom is 0.411 e. The van der Waals surface area contributed by atoms with Crippen LogP contribution in [0.25, 0.3) is 11.1 Å². The number of H-pyrrole nitrogens is 1. The zero-order chi connectivity index (χ0) is 18.6. The summed E-state index contributed by atoms with van der Waals surface area (Å²) in [6.45, 7) is -0.0303. The summed E-state index contributed by atoms with van der Waals surface area (Å²) < 4.78 is 46.5. The molecule has 0 spiro atoms. The molecule has 0 radical (unpaired) electrons. The van der Waals surface area contributed by atoms with Gasteiger partial charge in [0.1, 0.15) is 24.0 Å². The second-order valence-corrected chi connectivity index (χ2v) is 5.32. The maximum atomic E-state index is 12.2. The molecule has 0 aliphatic heterocycles. The molecule has 0 saturated carbocycles. The van der Waals surface area contributed by atoms with Gasteiger partial charge in [-0.15, -0.1) is 0 Å². The van der Waals surface area contributed by atoms with Crippen molar-refractivity contribution < 1.29 is 22.6 Å². The van der Waals surface area contributed by atoms with Crippen LogP contribution in [-0.2, 0) is 11.3 Å². The molecule has 25 heavy (non-hydrogen) atoms. The molecule has 0 amide bonds. The van der Waals surface area contributed by atoms with Crippen LogP contribution in [-0.4, -0.2) is 24.9 Å². The van der Waals surface area contributed by atoms with E-state index in [-0.39, 0.29) is 12.2 Å². The van der Waals surface area contributed by atoms with E-state index in [1.807, 2.05) is 6.07 Å². The van der Waals surface area contributed by atoms with Gasteiger partial charge in [0.2, 0.25) is 0 Å². The van der Waals surface area contributed by atoms with Crippen LogP contribution in [0, 0.1) is 18.3 Å². The first-order valence-electron chi connectivity index (χ1n) is 7.21. The van der Waals surface area contributed by atoms with Crippen molar-refractivity contribution in [2.45, 2.75) is 19.7 Å². The third kappa shape index (κ3) is 4.61. The summed E-state index contributed by atoms with van der Waals surface area (Å²) in [6.07, 6.45) is -4.43. The van der Waals surface area contributed by atoms with E-state index in [1.54, 1.807) is 31.2 Å². The molecule has 1 aromatic heterocycles. The van der Waals surface area contributed by atoms with Crippen molar-refractivity contribution >= 4 is 0 Å². The van der Waals surface area contributed by atoms with Crippen molar-refractivity contribution in [3.05, 3.63) is 51.4 Å². The zero-order valence-corrected chi connectivity index (χ0v) is 13.5. The van der Waals surface area contributed by atoms with Crippen molar-refractivity contribution in [1.29, 1.82) is 5.26 Å². The van der Waals surface area contributed by atoms with Gasteiger partial charge in [-0.3, -0.25) is 4.79 Å². The summed E-state index contributed by atoms with van der Waals surface area (Å²) in [4.78, 5) is 14.4. The van der Waals surface area contributed by atoms with Crippen molar-refractivity contribution in [2.24, 2.45) is 0 Å². The van der Waals surface area contributed by atoms with Crippen LogP contribution in [0.2, 0.25) is 0 Å². The molecule has 0 atom stereocenters. The number of nitrogens with zero attached hydrogens (tertiary/aromatic N) is 1. The minimum Gasteiger partial charge on any atom is -0.496 e. The lowest BCUT2D eigenvalue weighted by atomic mass is 9.99. The van der Waals surface area contributed by atoms with E-state index >= 15 is 0 Å². The molecule has 1 N–H and O–H groups in total. The van der Waals surface area contributed by atoms with Crippen molar-refractivity contribution in [3.63, 3.8) is 0 Å². The van der Waals surface area contributed by atoms with Gasteiger partial charge in [-0.2, -0.15) is 18.4 Å². The van der Waals surface area contributed by atoms with E-state index < -0.39 is 18.3 Å². The Balaban J connectivity index is 2.43. The summed E-state index contributed by atoms with van der Waals surface area (Å²) in [5.41, 5.74) is 1.25. The highest BCUT2D eigenvalue weighted by Crippen LogP contribution is 2.29. The number of nitriles is 1. The highest BCUT2D eigenvalue weighted by atomic mass is 19.4. The summed E-state index contributed by atoms with van der Waals surface area (Å²) in [6, 6.07) is 8.20. The Morgan fingerprint density at radius 3 is 2.60 bits per heavy atom. The molecule has 0 aliphatic rings. The van der Waals surface area contributed by atoms with E-state index in [0.29, 0.717) is 28.1 Å². The number of hydrogen-bond donors (Lipinski definition) is 1. The van der Waals surface area contributed by atoms with Crippen LogP contribution in [0.5, 0.6) is 5.75 Å². The number of pyridine rings is 1. The Bertz CT molecular complexity index is 867. The maximum absolute atomic E-state index is 12.2. The highest BCUT2D eigenvalue weighted by molar-refractivity contribution is 5.71. The normalized spacial score (nSPS) is 11.2. The van der Waals surface area contributed by atoms with Crippen molar-refractivity contribution in [2.75, 3.05) is 13.7 Å². The molecule has 0 aliphatic carbocycles. The van der Waals surface area contributed by atoms with E-state index in [1.165, 1.54) is 7.11 Å². The first-order valence-corrected chi connectivity index (χ1v) is 7.21. The van der Waals surface area contributed by atoms with Crippen molar-refractivity contribution in [3.8, 4) is 22.9 Å². The van der Waals surface area contributed by atoms with E-state index in [9.17, 15) is 23.2 Å². The van der Waals surface area contributed by atoms with Gasteiger partial charge in [0.25, 0.3) is 5.56 Å². The monoisotopic (exact) mass is 352 g/mol. The van der Waals surface area contributed by atoms with Crippen LogP contribution in [0.3, 0.4) is 0 Å². The standard InChI is InChI=1S/C17H15F3N2O3/c1-10-5-13(14(7-21)16(23)22-10)11-3-4-15(24-2)12(6-11)8-25-9-17(18,19)20/h3-6H,8-9H2,1-2H3,(H,22,23).